The second-order valence-electron chi connectivity index (χ2n) is 1.10. The minimum Gasteiger partial charge on any atom is -0.259 e. The third-order valence-electron chi connectivity index (χ3n) is 0.597. The first-order valence-electron chi connectivity index (χ1n) is 1.94. The molecule has 3 heteroatoms. The lowest BCUT2D eigenvalue weighted by atomic mass is 10.4. The maximum Gasteiger partial charge on any atom is 0.246 e. The minimum absolute atomic E-state index is 0.181. The Hall–Kier alpha value is -0.860. The van der Waals surface area contributed by atoms with Gasteiger partial charge in [-0.2, -0.15) is 0 Å². The smallest absolute Gasteiger partial charge is 0.246 e. The van der Waals surface area contributed by atoms with Crippen molar-refractivity contribution in [2.75, 3.05) is 0 Å². The monoisotopic (exact) mass is 100 g/mol. The van der Waals surface area contributed by atoms with Crippen LogP contribution >= 0.6 is 0 Å². The molecule has 1 radical (unpaired) electrons. The fraction of sp³-hybridized carbons (Fsp3) is 0.500. The van der Waals surface area contributed by atoms with Gasteiger partial charge in [0.05, 0.1) is 4.92 Å². The summed E-state index contributed by atoms with van der Waals surface area (Å²) in [5, 5.41) is 9.57. The van der Waals surface area contributed by atoms with Crippen molar-refractivity contribution in [2.24, 2.45) is 0 Å². The molecular weight excluding hydrogens is 94.0 g/mol. The third kappa shape index (κ3) is 1.92. The van der Waals surface area contributed by atoms with E-state index in [4.69, 9.17) is 6.58 Å². The molecule has 0 aliphatic heterocycles. The molecule has 0 aromatic rings. The first kappa shape index (κ1) is 6.14. The maximum absolute atomic E-state index is 9.57. The predicted molar refractivity (Wildman–Crippen MR) is 25.1 cm³/mol. The summed E-state index contributed by atoms with van der Waals surface area (Å²) in [6.07, 6.45) is 0.312. The van der Waals surface area contributed by atoms with Crippen LogP contribution in [-0.2, 0) is 0 Å². The van der Waals surface area contributed by atoms with Gasteiger partial charge in [-0.15, -0.1) is 0 Å². The van der Waals surface area contributed by atoms with Gasteiger partial charge in [0.2, 0.25) is 5.70 Å². The topological polar surface area (TPSA) is 43.1 Å². The normalized spacial score (nSPS) is 8.14. The highest BCUT2D eigenvalue weighted by atomic mass is 16.6. The van der Waals surface area contributed by atoms with Crippen molar-refractivity contribution < 1.29 is 4.92 Å². The predicted octanol–water partition coefficient (Wildman–Crippen LogP) is 0.990. The Morgan fingerprint density at radius 3 is 2.43 bits per heavy atom. The number of rotatable bonds is 2. The van der Waals surface area contributed by atoms with E-state index in [-0.39, 0.29) is 5.70 Å². The van der Waals surface area contributed by atoms with E-state index in [2.05, 4.69) is 0 Å². The van der Waals surface area contributed by atoms with Crippen molar-refractivity contribution >= 4 is 0 Å². The molecule has 0 bridgehead atoms. The van der Waals surface area contributed by atoms with E-state index in [1.807, 2.05) is 0 Å². The maximum atomic E-state index is 9.57. The lowest BCUT2D eigenvalue weighted by molar-refractivity contribution is -0.427. The summed E-state index contributed by atoms with van der Waals surface area (Å²) in [4.78, 5) is 8.99. The fourth-order valence-electron chi connectivity index (χ4n) is 0.129. The number of allylic oxidation sites excluding steroid dienone is 1. The summed E-state index contributed by atoms with van der Waals surface area (Å²) in [5.74, 6) is 0. The van der Waals surface area contributed by atoms with Crippen LogP contribution in [0.15, 0.2) is 5.70 Å². The van der Waals surface area contributed by atoms with E-state index in [0.717, 1.165) is 0 Å². The van der Waals surface area contributed by atoms with Gasteiger partial charge in [0.25, 0.3) is 0 Å². The van der Waals surface area contributed by atoms with Crippen LogP contribution in [0.4, 0.5) is 0 Å². The van der Waals surface area contributed by atoms with Gasteiger partial charge in [0.15, 0.2) is 0 Å². The van der Waals surface area contributed by atoms with Gasteiger partial charge in [-0.1, -0.05) is 6.92 Å². The van der Waals surface area contributed by atoms with Crippen molar-refractivity contribution in [1.29, 1.82) is 0 Å². The van der Waals surface area contributed by atoms with Crippen LogP contribution in [0.3, 0.4) is 0 Å². The van der Waals surface area contributed by atoms with Crippen LogP contribution < -0.4 is 0 Å². The van der Waals surface area contributed by atoms with Gasteiger partial charge in [0, 0.05) is 13.0 Å². The molecule has 0 atom stereocenters. The van der Waals surface area contributed by atoms with Gasteiger partial charge >= 0.3 is 0 Å². The minimum atomic E-state index is -0.583. The van der Waals surface area contributed by atoms with E-state index in [1.165, 1.54) is 0 Å². The summed E-state index contributed by atoms with van der Waals surface area (Å²) >= 11 is 0. The average Bonchev–Trinajstić information content (AvgIpc) is 1.65. The second kappa shape index (κ2) is 2.34. The summed E-state index contributed by atoms with van der Waals surface area (Å²) in [6.45, 7) is 6.47. The van der Waals surface area contributed by atoms with Gasteiger partial charge in [-0.05, 0) is 0 Å². The second-order valence-corrected chi connectivity index (χ2v) is 1.10. The molecule has 3 nitrogen and oxygen atoms in total. The van der Waals surface area contributed by atoms with Crippen LogP contribution in [-0.4, -0.2) is 4.92 Å². The first-order valence-corrected chi connectivity index (χ1v) is 1.94. The van der Waals surface area contributed by atoms with Gasteiger partial charge in [-0.3, -0.25) is 10.1 Å². The van der Waals surface area contributed by atoms with E-state index in [0.29, 0.717) is 6.42 Å². The lowest BCUT2D eigenvalue weighted by Gasteiger charge is -1.84. The lowest BCUT2D eigenvalue weighted by Crippen LogP contribution is -1.93. The Kier molecular flexibility index (Phi) is 2.05. The fourth-order valence-corrected chi connectivity index (χ4v) is 0.129. The standard InChI is InChI=1S/C4H6NO2/c1-3-4(2)5(6)7/h2H,3H2,1H3. The van der Waals surface area contributed by atoms with E-state index in [1.54, 1.807) is 6.92 Å². The Balaban J connectivity index is 3.58. The largest absolute Gasteiger partial charge is 0.259 e. The molecule has 0 rings (SSSR count). The summed E-state index contributed by atoms with van der Waals surface area (Å²) in [6, 6.07) is 0. The highest BCUT2D eigenvalue weighted by Gasteiger charge is 1.99. The number of nitrogens with zero attached hydrogens (tertiary/aromatic N) is 1. The van der Waals surface area contributed by atoms with Crippen LogP contribution in [0, 0.1) is 16.7 Å². The van der Waals surface area contributed by atoms with Crippen molar-refractivity contribution in [3.63, 3.8) is 0 Å². The molecule has 0 unspecified atom stereocenters. The molecule has 0 amide bonds. The van der Waals surface area contributed by atoms with Crippen LogP contribution in [0.1, 0.15) is 13.3 Å². The highest BCUT2D eigenvalue weighted by molar-refractivity contribution is 4.72. The average molecular weight is 100 g/mol. The molecule has 0 N–H and O–H groups in total. The van der Waals surface area contributed by atoms with E-state index >= 15 is 0 Å². The molecule has 0 aliphatic rings. The number of hydrogen-bond acceptors (Lipinski definition) is 2. The molecule has 0 saturated heterocycles. The van der Waals surface area contributed by atoms with Crippen LogP contribution in [0.25, 0.3) is 0 Å². The zero-order valence-electron chi connectivity index (χ0n) is 4.05. The molecular formula is C4H6NO2. The molecule has 39 valence electrons. The van der Waals surface area contributed by atoms with Crippen molar-refractivity contribution in [1.82, 2.24) is 0 Å². The summed E-state index contributed by atoms with van der Waals surface area (Å²) in [5.41, 5.74) is -0.181. The van der Waals surface area contributed by atoms with Gasteiger partial charge in [0.1, 0.15) is 0 Å². The number of nitro groups is 1. The SMILES string of the molecule is [CH]=C(CC)[N+](=O)[O-]. The van der Waals surface area contributed by atoms with Crippen molar-refractivity contribution in [2.45, 2.75) is 13.3 Å². The molecule has 0 aliphatic carbocycles. The zero-order valence-corrected chi connectivity index (χ0v) is 4.05. The Labute approximate surface area is 41.8 Å². The van der Waals surface area contributed by atoms with Gasteiger partial charge < -0.3 is 0 Å². The zero-order chi connectivity index (χ0) is 5.86. The van der Waals surface area contributed by atoms with E-state index in [9.17, 15) is 10.1 Å². The quantitative estimate of drug-likeness (QED) is 0.383. The molecule has 0 aromatic carbocycles. The van der Waals surface area contributed by atoms with Crippen LogP contribution in [0.2, 0.25) is 0 Å². The van der Waals surface area contributed by atoms with Crippen molar-refractivity contribution in [3.05, 3.63) is 22.4 Å². The van der Waals surface area contributed by atoms with Crippen molar-refractivity contribution in [3.8, 4) is 0 Å². The molecule has 0 fully saturated rings. The van der Waals surface area contributed by atoms with Gasteiger partial charge in [-0.25, -0.2) is 0 Å². The third-order valence-corrected chi connectivity index (χ3v) is 0.597. The number of hydrogen-bond donors (Lipinski definition) is 0. The van der Waals surface area contributed by atoms with E-state index < -0.39 is 4.92 Å². The summed E-state index contributed by atoms with van der Waals surface area (Å²) in [7, 11) is 0. The Bertz CT molecular complexity index is 97.9. The Morgan fingerprint density at radius 1 is 2.00 bits per heavy atom. The molecule has 0 spiro atoms. The molecule has 0 heterocycles. The molecule has 0 aromatic heterocycles. The Morgan fingerprint density at radius 2 is 2.43 bits per heavy atom. The summed E-state index contributed by atoms with van der Waals surface area (Å²) < 4.78 is 0. The van der Waals surface area contributed by atoms with Crippen LogP contribution in [0.5, 0.6) is 0 Å². The molecule has 0 saturated carbocycles. The molecule has 7 heavy (non-hydrogen) atoms. The highest BCUT2D eigenvalue weighted by Crippen LogP contribution is 1.93. The first-order chi connectivity index (χ1) is 3.18.